The summed E-state index contributed by atoms with van der Waals surface area (Å²) in [4.78, 5) is 16.1. The topological polar surface area (TPSA) is 48.5 Å². The van der Waals surface area contributed by atoms with E-state index in [1.165, 1.54) is 38.5 Å². The van der Waals surface area contributed by atoms with Crippen LogP contribution < -0.4 is 0 Å². The second-order valence-electron chi connectivity index (χ2n) is 18.6. The highest BCUT2D eigenvalue weighted by molar-refractivity contribution is 6.23. The van der Waals surface area contributed by atoms with E-state index in [0.29, 0.717) is 23.5 Å². The predicted octanol–water partition coefficient (Wildman–Crippen LogP) is 14.9. The van der Waals surface area contributed by atoms with E-state index in [9.17, 15) is 0 Å². The second-order valence-corrected chi connectivity index (χ2v) is 18.6. The number of hydrogen-bond acceptors (Lipinski definition) is 3. The molecule has 0 radical (unpaired) electrons. The van der Waals surface area contributed by atoms with Crippen LogP contribution in [-0.2, 0) is 10.8 Å². The Labute approximate surface area is 373 Å². The molecule has 8 aromatic carbocycles. The summed E-state index contributed by atoms with van der Waals surface area (Å²) in [6.45, 7) is 12.0. The van der Waals surface area contributed by atoms with E-state index >= 15 is 0 Å². The molecule has 5 nitrogen and oxygen atoms in total. The molecular formula is C59H47N5. The number of hydrogen-bond donors (Lipinski definition) is 0. The first-order valence-electron chi connectivity index (χ1n) is 22.4. The van der Waals surface area contributed by atoms with Crippen molar-refractivity contribution in [3.8, 4) is 56.7 Å². The van der Waals surface area contributed by atoms with Crippen LogP contribution in [-0.4, -0.2) is 24.1 Å². The zero-order chi connectivity index (χ0) is 43.3. The van der Waals surface area contributed by atoms with Crippen LogP contribution in [0.2, 0.25) is 0 Å². The number of aromatic nitrogens is 5. The van der Waals surface area contributed by atoms with Gasteiger partial charge in [-0.05, 0) is 74.4 Å². The number of nitrogens with zero attached hydrogens (tertiary/aromatic N) is 5. The van der Waals surface area contributed by atoms with Crippen LogP contribution in [0.1, 0.15) is 45.7 Å². The molecule has 5 heteroatoms. The van der Waals surface area contributed by atoms with E-state index in [1.54, 1.807) is 0 Å². The minimum Gasteiger partial charge on any atom is -0.307 e. The molecule has 0 N–H and O–H groups in total. The largest absolute Gasteiger partial charge is 0.307 e. The highest BCUT2D eigenvalue weighted by atomic mass is 15.2. The summed E-state index contributed by atoms with van der Waals surface area (Å²) in [7, 11) is 0. The number of para-hydroxylation sites is 2. The normalized spacial score (nSPS) is 15.4. The van der Waals surface area contributed by atoms with Gasteiger partial charge >= 0.3 is 0 Å². The Morgan fingerprint density at radius 2 is 0.797 bits per heavy atom. The summed E-state index contributed by atoms with van der Waals surface area (Å²) >= 11 is 0. The molecule has 1 aliphatic rings. The van der Waals surface area contributed by atoms with Crippen molar-refractivity contribution in [1.29, 1.82) is 0 Å². The molecule has 0 fully saturated rings. The lowest BCUT2D eigenvalue weighted by molar-refractivity contribution is 0.264. The average molecular weight is 826 g/mol. The third-order valence-corrected chi connectivity index (χ3v) is 14.6. The fourth-order valence-electron chi connectivity index (χ4n) is 10.7. The third-order valence-electron chi connectivity index (χ3n) is 14.6. The van der Waals surface area contributed by atoms with Gasteiger partial charge in [-0.1, -0.05) is 198 Å². The van der Waals surface area contributed by atoms with Crippen LogP contribution in [0.15, 0.2) is 188 Å². The van der Waals surface area contributed by atoms with Gasteiger partial charge in [-0.2, -0.15) is 9.97 Å². The van der Waals surface area contributed by atoms with Gasteiger partial charge < -0.3 is 4.57 Å². The highest BCUT2D eigenvalue weighted by Crippen LogP contribution is 2.54. The zero-order valence-corrected chi connectivity index (χ0v) is 36.7. The number of benzene rings is 8. The lowest BCUT2D eigenvalue weighted by Crippen LogP contribution is -2.30. The van der Waals surface area contributed by atoms with Crippen molar-refractivity contribution >= 4 is 43.6 Å². The first-order valence-corrected chi connectivity index (χ1v) is 22.4. The third kappa shape index (κ3) is 5.73. The van der Waals surface area contributed by atoms with Gasteiger partial charge in [0.05, 0.1) is 22.1 Å². The summed E-state index contributed by atoms with van der Waals surface area (Å²) in [5, 5.41) is 4.68. The molecule has 11 aromatic rings. The van der Waals surface area contributed by atoms with E-state index in [1.807, 2.05) is 12.1 Å². The Morgan fingerprint density at radius 1 is 0.375 bits per heavy atom. The van der Waals surface area contributed by atoms with Crippen molar-refractivity contribution in [3.05, 3.63) is 199 Å². The lowest BCUT2D eigenvalue weighted by Gasteiger charge is -2.32. The smallest absolute Gasteiger partial charge is 0.238 e. The molecule has 0 amide bonds. The highest BCUT2D eigenvalue weighted by Gasteiger charge is 2.48. The molecule has 3 heterocycles. The molecular weight excluding hydrogens is 779 g/mol. The predicted molar refractivity (Wildman–Crippen MR) is 265 cm³/mol. The van der Waals surface area contributed by atoms with Crippen LogP contribution in [0.3, 0.4) is 0 Å². The monoisotopic (exact) mass is 825 g/mol. The van der Waals surface area contributed by atoms with Crippen LogP contribution >= 0.6 is 0 Å². The molecule has 1 atom stereocenters. The number of fused-ring (bicyclic) bond motifs is 8. The van der Waals surface area contributed by atoms with E-state index in [0.717, 1.165) is 55.3 Å². The van der Waals surface area contributed by atoms with Gasteiger partial charge in [-0.15, -0.1) is 0 Å². The van der Waals surface area contributed by atoms with Gasteiger partial charge in [-0.3, -0.25) is 4.57 Å². The SMILES string of the molecule is CC1C(C)(C)c2ccc(-n3c4ccccc4c4ccc5c6ccccc6n(-c6nc(-c7ccc(-c8ccccc8)cc7)nc(-c7ccc(-c8ccccc8)cc7)n6)c5c43)cc2C1(C)C. The summed E-state index contributed by atoms with van der Waals surface area (Å²) in [5.74, 6) is 2.28. The van der Waals surface area contributed by atoms with Crippen LogP contribution in [0.25, 0.3) is 100 Å². The number of rotatable bonds is 6. The van der Waals surface area contributed by atoms with Crippen molar-refractivity contribution in [3.63, 3.8) is 0 Å². The van der Waals surface area contributed by atoms with Gasteiger partial charge in [0.25, 0.3) is 0 Å². The first kappa shape index (κ1) is 38.1. The van der Waals surface area contributed by atoms with Crippen molar-refractivity contribution in [2.75, 3.05) is 0 Å². The van der Waals surface area contributed by atoms with E-state index < -0.39 is 0 Å². The maximum atomic E-state index is 5.42. The quantitative estimate of drug-likeness (QED) is 0.168. The summed E-state index contributed by atoms with van der Waals surface area (Å²) in [6.07, 6.45) is 0. The summed E-state index contributed by atoms with van der Waals surface area (Å²) in [6, 6.07) is 67.4. The Kier molecular flexibility index (Phi) is 8.45. The Hall–Kier alpha value is -7.63. The average Bonchev–Trinajstić information content (AvgIpc) is 3.91. The molecule has 0 spiro atoms. The molecule has 0 aliphatic heterocycles. The molecule has 64 heavy (non-hydrogen) atoms. The summed E-state index contributed by atoms with van der Waals surface area (Å²) < 4.78 is 4.78. The Bertz CT molecular complexity index is 3490. The van der Waals surface area contributed by atoms with Crippen molar-refractivity contribution in [1.82, 2.24) is 24.1 Å². The van der Waals surface area contributed by atoms with E-state index in [2.05, 4.69) is 220 Å². The fourth-order valence-corrected chi connectivity index (χ4v) is 10.7. The molecule has 0 saturated carbocycles. The van der Waals surface area contributed by atoms with Gasteiger partial charge in [0.15, 0.2) is 11.6 Å². The molecule has 0 bridgehead atoms. The second kappa shape index (κ2) is 14.2. The van der Waals surface area contributed by atoms with Gasteiger partial charge in [0.1, 0.15) is 0 Å². The van der Waals surface area contributed by atoms with Crippen molar-refractivity contribution in [2.24, 2.45) is 5.92 Å². The Morgan fingerprint density at radius 3 is 1.33 bits per heavy atom. The first-order chi connectivity index (χ1) is 31.2. The van der Waals surface area contributed by atoms with E-state index in [-0.39, 0.29) is 10.8 Å². The van der Waals surface area contributed by atoms with Crippen LogP contribution in [0.4, 0.5) is 0 Å². The van der Waals surface area contributed by atoms with Crippen molar-refractivity contribution in [2.45, 2.75) is 45.4 Å². The molecule has 1 aliphatic carbocycles. The molecule has 1 unspecified atom stereocenters. The molecule has 3 aromatic heterocycles. The minimum absolute atomic E-state index is 0.00803. The minimum atomic E-state index is 0.00803. The van der Waals surface area contributed by atoms with Crippen molar-refractivity contribution < 1.29 is 0 Å². The Balaban J connectivity index is 1.14. The van der Waals surface area contributed by atoms with E-state index in [4.69, 9.17) is 15.0 Å². The van der Waals surface area contributed by atoms with Crippen LogP contribution in [0.5, 0.6) is 0 Å². The van der Waals surface area contributed by atoms with Gasteiger partial charge in [-0.25, -0.2) is 4.98 Å². The molecule has 0 saturated heterocycles. The molecule has 12 rings (SSSR count). The maximum Gasteiger partial charge on any atom is 0.238 e. The maximum absolute atomic E-state index is 5.42. The standard InChI is InChI=1S/C59H47N5/c1-37-58(2,3)49-35-32-44(36-50(49)59(37,4)5)63-51-22-14-12-20-45(51)47-33-34-48-46-21-13-15-23-52(46)64(54(48)53(47)63)57-61-55(42-28-24-40(25-29-42)38-16-8-6-9-17-38)60-56(62-57)43-30-26-41(27-31-43)39-18-10-7-11-19-39/h6-37H,1-5H3. The molecule has 308 valence electrons. The fraction of sp³-hybridized carbons (Fsp3) is 0.136. The lowest BCUT2D eigenvalue weighted by atomic mass is 9.71. The zero-order valence-electron chi connectivity index (χ0n) is 36.7. The van der Waals surface area contributed by atoms with Crippen LogP contribution in [0, 0.1) is 5.92 Å². The van der Waals surface area contributed by atoms with Gasteiger partial charge in [0, 0.05) is 38.4 Å². The van der Waals surface area contributed by atoms with Gasteiger partial charge in [0.2, 0.25) is 5.95 Å². The summed E-state index contributed by atoms with van der Waals surface area (Å²) in [5.41, 5.74) is 14.9.